The average Bonchev–Trinajstić information content (AvgIpc) is 2.45. The first-order valence-electron chi connectivity index (χ1n) is 6.56. The summed E-state index contributed by atoms with van der Waals surface area (Å²) in [5, 5.41) is 0. The monoisotopic (exact) mass is 273 g/mol. The molecule has 0 saturated carbocycles. The van der Waals surface area contributed by atoms with E-state index in [1.165, 1.54) is 12.1 Å². The summed E-state index contributed by atoms with van der Waals surface area (Å²) in [6.07, 6.45) is 0. The van der Waals surface area contributed by atoms with Crippen LogP contribution < -0.4 is 15.2 Å². The molecule has 3 nitrogen and oxygen atoms in total. The van der Waals surface area contributed by atoms with Crippen molar-refractivity contribution in [3.63, 3.8) is 0 Å². The third kappa shape index (κ3) is 2.34. The minimum Gasteiger partial charge on any atom is -0.486 e. The number of fused-ring (bicyclic) bond motifs is 1. The molecule has 2 aromatic rings. The lowest BCUT2D eigenvalue weighted by molar-refractivity contribution is 0.169. The molecule has 0 radical (unpaired) electrons. The number of para-hydroxylation sites is 1. The van der Waals surface area contributed by atoms with Crippen LogP contribution in [0.25, 0.3) is 0 Å². The van der Waals surface area contributed by atoms with Gasteiger partial charge in [-0.25, -0.2) is 4.39 Å². The van der Waals surface area contributed by atoms with Crippen molar-refractivity contribution in [3.05, 3.63) is 58.9 Å². The van der Waals surface area contributed by atoms with Crippen molar-refractivity contribution in [1.29, 1.82) is 0 Å². The molecule has 1 heterocycles. The molecule has 0 fully saturated rings. The number of hydrogen-bond donors (Lipinski definition) is 1. The molecule has 1 atom stereocenters. The zero-order valence-electron chi connectivity index (χ0n) is 11.2. The molecule has 0 amide bonds. The van der Waals surface area contributed by atoms with Gasteiger partial charge in [0, 0.05) is 5.56 Å². The van der Waals surface area contributed by atoms with Crippen molar-refractivity contribution in [3.8, 4) is 11.5 Å². The molecule has 4 heteroatoms. The van der Waals surface area contributed by atoms with E-state index in [4.69, 9.17) is 15.2 Å². The van der Waals surface area contributed by atoms with Crippen molar-refractivity contribution in [2.75, 3.05) is 13.2 Å². The Morgan fingerprint density at radius 3 is 2.75 bits per heavy atom. The summed E-state index contributed by atoms with van der Waals surface area (Å²) in [6.45, 7) is 2.88. The van der Waals surface area contributed by atoms with Gasteiger partial charge in [-0.15, -0.1) is 0 Å². The van der Waals surface area contributed by atoms with Crippen LogP contribution in [0.3, 0.4) is 0 Å². The van der Waals surface area contributed by atoms with Gasteiger partial charge in [-0.2, -0.15) is 0 Å². The van der Waals surface area contributed by atoms with Crippen LogP contribution in [0.15, 0.2) is 36.4 Å². The SMILES string of the molecule is Cc1cc(F)cc(C(N)c2cccc3c2OCCO3)c1. The number of aryl methyl sites for hydroxylation is 1. The van der Waals surface area contributed by atoms with Crippen molar-refractivity contribution in [1.82, 2.24) is 0 Å². The summed E-state index contributed by atoms with van der Waals surface area (Å²) in [5.41, 5.74) is 8.66. The van der Waals surface area contributed by atoms with E-state index in [1.54, 1.807) is 0 Å². The van der Waals surface area contributed by atoms with Gasteiger partial charge in [-0.05, 0) is 36.2 Å². The lowest BCUT2D eigenvalue weighted by Gasteiger charge is -2.23. The van der Waals surface area contributed by atoms with Crippen molar-refractivity contribution in [2.45, 2.75) is 13.0 Å². The van der Waals surface area contributed by atoms with Crippen LogP contribution in [0, 0.1) is 12.7 Å². The van der Waals surface area contributed by atoms with E-state index < -0.39 is 6.04 Å². The number of benzene rings is 2. The van der Waals surface area contributed by atoms with Crippen LogP contribution in [0.2, 0.25) is 0 Å². The first-order valence-corrected chi connectivity index (χ1v) is 6.56. The van der Waals surface area contributed by atoms with Crippen molar-refractivity contribution >= 4 is 0 Å². The summed E-state index contributed by atoms with van der Waals surface area (Å²) < 4.78 is 24.7. The molecule has 20 heavy (non-hydrogen) atoms. The van der Waals surface area contributed by atoms with Gasteiger partial charge in [-0.3, -0.25) is 0 Å². The molecule has 3 rings (SSSR count). The quantitative estimate of drug-likeness (QED) is 0.915. The number of nitrogens with two attached hydrogens (primary N) is 1. The molecular formula is C16H16FNO2. The maximum absolute atomic E-state index is 13.5. The van der Waals surface area contributed by atoms with Crippen LogP contribution in [-0.4, -0.2) is 13.2 Å². The van der Waals surface area contributed by atoms with E-state index in [9.17, 15) is 4.39 Å². The van der Waals surface area contributed by atoms with Gasteiger partial charge in [0.1, 0.15) is 19.0 Å². The van der Waals surface area contributed by atoms with Crippen LogP contribution in [0.1, 0.15) is 22.7 Å². The van der Waals surface area contributed by atoms with Crippen LogP contribution in [0.5, 0.6) is 11.5 Å². The third-order valence-corrected chi connectivity index (χ3v) is 3.36. The molecule has 2 N–H and O–H groups in total. The van der Waals surface area contributed by atoms with E-state index >= 15 is 0 Å². The Bertz CT molecular complexity index is 622. The third-order valence-electron chi connectivity index (χ3n) is 3.36. The number of rotatable bonds is 2. The molecule has 0 aliphatic carbocycles. The second-order valence-electron chi connectivity index (χ2n) is 4.91. The lowest BCUT2D eigenvalue weighted by Crippen LogP contribution is -2.20. The molecular weight excluding hydrogens is 257 g/mol. The van der Waals surface area contributed by atoms with E-state index in [-0.39, 0.29) is 5.82 Å². The van der Waals surface area contributed by atoms with Crippen LogP contribution in [-0.2, 0) is 0 Å². The zero-order chi connectivity index (χ0) is 14.1. The Morgan fingerprint density at radius 1 is 1.15 bits per heavy atom. The number of halogens is 1. The predicted octanol–water partition coefficient (Wildman–Crippen LogP) is 2.95. The molecule has 0 spiro atoms. The van der Waals surface area contributed by atoms with Gasteiger partial charge in [0.2, 0.25) is 0 Å². The van der Waals surface area contributed by atoms with Gasteiger partial charge in [0.25, 0.3) is 0 Å². The maximum Gasteiger partial charge on any atom is 0.166 e. The minimum absolute atomic E-state index is 0.280. The van der Waals surface area contributed by atoms with Gasteiger partial charge >= 0.3 is 0 Å². The van der Waals surface area contributed by atoms with Crippen LogP contribution >= 0.6 is 0 Å². The highest BCUT2D eigenvalue weighted by Crippen LogP contribution is 2.38. The largest absolute Gasteiger partial charge is 0.486 e. The Kier molecular flexibility index (Phi) is 3.32. The summed E-state index contributed by atoms with van der Waals surface area (Å²) >= 11 is 0. The van der Waals surface area contributed by atoms with E-state index in [0.29, 0.717) is 24.7 Å². The Morgan fingerprint density at radius 2 is 1.95 bits per heavy atom. The van der Waals surface area contributed by atoms with Gasteiger partial charge in [0.15, 0.2) is 11.5 Å². The van der Waals surface area contributed by atoms with E-state index in [1.807, 2.05) is 31.2 Å². The molecule has 0 aromatic heterocycles. The molecule has 1 aliphatic heterocycles. The Labute approximate surface area is 117 Å². The average molecular weight is 273 g/mol. The molecule has 0 saturated heterocycles. The fourth-order valence-electron chi connectivity index (χ4n) is 2.46. The van der Waals surface area contributed by atoms with Crippen molar-refractivity contribution < 1.29 is 13.9 Å². The second kappa shape index (κ2) is 5.13. The predicted molar refractivity (Wildman–Crippen MR) is 74.6 cm³/mol. The highest BCUT2D eigenvalue weighted by molar-refractivity contribution is 5.51. The van der Waals surface area contributed by atoms with Gasteiger partial charge in [0.05, 0.1) is 6.04 Å². The first kappa shape index (κ1) is 12.9. The zero-order valence-corrected chi connectivity index (χ0v) is 11.2. The number of ether oxygens (including phenoxy) is 2. The van der Waals surface area contributed by atoms with Gasteiger partial charge in [-0.1, -0.05) is 18.2 Å². The standard InChI is InChI=1S/C16H16FNO2/c1-10-7-11(9-12(17)8-10)15(18)13-3-2-4-14-16(13)20-6-5-19-14/h2-4,7-9,15H,5-6,18H2,1H3. The van der Waals surface area contributed by atoms with E-state index in [2.05, 4.69) is 0 Å². The van der Waals surface area contributed by atoms with Gasteiger partial charge < -0.3 is 15.2 Å². The summed E-state index contributed by atoms with van der Waals surface area (Å²) in [5.74, 6) is 1.07. The second-order valence-corrected chi connectivity index (χ2v) is 4.91. The summed E-state index contributed by atoms with van der Waals surface area (Å²) in [7, 11) is 0. The molecule has 0 bridgehead atoms. The normalized spacial score (nSPS) is 14.9. The fourth-order valence-corrected chi connectivity index (χ4v) is 2.46. The molecule has 104 valence electrons. The molecule has 2 aromatic carbocycles. The summed E-state index contributed by atoms with van der Waals surface area (Å²) in [6, 6.07) is 9.99. The Hall–Kier alpha value is -2.07. The lowest BCUT2D eigenvalue weighted by atomic mass is 9.97. The summed E-state index contributed by atoms with van der Waals surface area (Å²) in [4.78, 5) is 0. The van der Waals surface area contributed by atoms with E-state index in [0.717, 1.165) is 16.7 Å². The van der Waals surface area contributed by atoms with Crippen LogP contribution in [0.4, 0.5) is 4.39 Å². The maximum atomic E-state index is 13.5. The first-order chi connectivity index (χ1) is 9.65. The van der Waals surface area contributed by atoms with Crippen molar-refractivity contribution in [2.24, 2.45) is 5.73 Å². The highest BCUT2D eigenvalue weighted by atomic mass is 19.1. The minimum atomic E-state index is -0.443. The fraction of sp³-hybridized carbons (Fsp3) is 0.250. The topological polar surface area (TPSA) is 44.5 Å². The smallest absolute Gasteiger partial charge is 0.166 e. The highest BCUT2D eigenvalue weighted by Gasteiger charge is 2.21. The number of hydrogen-bond acceptors (Lipinski definition) is 3. The molecule has 1 aliphatic rings. The Balaban J connectivity index is 2.04. The molecule has 1 unspecified atom stereocenters.